The summed E-state index contributed by atoms with van der Waals surface area (Å²) in [6.07, 6.45) is 3.48. The lowest BCUT2D eigenvalue weighted by atomic mass is 10.1. The van der Waals surface area contributed by atoms with Crippen molar-refractivity contribution in [2.24, 2.45) is 5.92 Å². The predicted octanol–water partition coefficient (Wildman–Crippen LogP) is 4.00. The third-order valence-electron chi connectivity index (χ3n) is 4.12. The minimum absolute atomic E-state index is 0.135. The summed E-state index contributed by atoms with van der Waals surface area (Å²) in [6.45, 7) is 5.81. The van der Waals surface area contributed by atoms with Gasteiger partial charge in [-0.2, -0.15) is 0 Å². The molecule has 1 saturated heterocycles. The van der Waals surface area contributed by atoms with E-state index in [2.05, 4.69) is 28.6 Å². The highest BCUT2D eigenvalue weighted by Gasteiger charge is 2.56. The first-order valence-corrected chi connectivity index (χ1v) is 9.09. The fourth-order valence-electron chi connectivity index (χ4n) is 3.29. The molecule has 3 atom stereocenters. The molecule has 1 aromatic rings. The molecule has 3 rings (SSSR count). The van der Waals surface area contributed by atoms with Gasteiger partial charge >= 0.3 is 6.09 Å². The van der Waals surface area contributed by atoms with E-state index >= 15 is 0 Å². The van der Waals surface area contributed by atoms with E-state index in [0.29, 0.717) is 12.0 Å². The number of benzene rings is 1. The van der Waals surface area contributed by atoms with E-state index in [4.69, 9.17) is 4.74 Å². The summed E-state index contributed by atoms with van der Waals surface area (Å²) in [7, 11) is 0. The van der Waals surface area contributed by atoms with Gasteiger partial charge in [-0.3, -0.25) is 0 Å². The largest absolute Gasteiger partial charge is 0.452 e. The van der Waals surface area contributed by atoms with Gasteiger partial charge in [-0.25, -0.2) is 4.79 Å². The van der Waals surface area contributed by atoms with Crippen LogP contribution in [0.1, 0.15) is 40.0 Å². The Kier molecular flexibility index (Phi) is 3.91. The summed E-state index contributed by atoms with van der Waals surface area (Å²) in [5.74, 6) is 1.76. The van der Waals surface area contributed by atoms with Crippen LogP contribution in [0.4, 0.5) is 4.79 Å². The molecular weight excluding hydrogens is 282 g/mol. The number of fused-ring (bicyclic) bond motifs is 1. The van der Waals surface area contributed by atoms with Gasteiger partial charge in [0.2, 0.25) is 0 Å². The maximum absolute atomic E-state index is 12.7. The van der Waals surface area contributed by atoms with Crippen molar-refractivity contribution in [3.63, 3.8) is 0 Å². The topological polar surface area (TPSA) is 29.5 Å². The highest BCUT2D eigenvalue weighted by molar-refractivity contribution is 7.95. The summed E-state index contributed by atoms with van der Waals surface area (Å²) in [4.78, 5) is 14.0. The molecule has 1 aliphatic carbocycles. The number of hydrogen-bond acceptors (Lipinski definition) is 2. The van der Waals surface area contributed by atoms with Gasteiger partial charge in [0, 0.05) is 5.92 Å². The lowest BCUT2D eigenvalue weighted by molar-refractivity contribution is 0.0350. The Labute approximate surface area is 130 Å². The van der Waals surface area contributed by atoms with Crippen molar-refractivity contribution in [1.29, 1.82) is 0 Å². The average molecular weight is 306 g/mol. The molecule has 114 valence electrons. The van der Waals surface area contributed by atoms with E-state index in [9.17, 15) is 4.79 Å². The number of rotatable bonds is 1. The molecule has 3 nitrogen and oxygen atoms in total. The first-order chi connectivity index (χ1) is 9.96. The molecule has 0 N–H and O–H groups in total. The molecule has 0 bridgehead atoms. The highest BCUT2D eigenvalue weighted by Crippen LogP contribution is 2.43. The minimum atomic E-state index is -0.431. The van der Waals surface area contributed by atoms with Crippen LogP contribution >= 0.6 is 0 Å². The molecular formula is C17H24NO2S+. The Morgan fingerprint density at radius 3 is 2.62 bits per heavy atom. The monoisotopic (exact) mass is 306 g/mol. The molecule has 0 spiro atoms. The number of carbonyl (C=O) groups is 1. The normalized spacial score (nSPS) is 28.5. The average Bonchev–Trinajstić information content (AvgIpc) is 2.97. The molecule has 0 radical (unpaired) electrons. The lowest BCUT2D eigenvalue weighted by Crippen LogP contribution is -2.42. The number of nitrogens with zero attached hydrogens (tertiary/aromatic N) is 1. The summed E-state index contributed by atoms with van der Waals surface area (Å²) in [5, 5.41) is 0. The van der Waals surface area contributed by atoms with Gasteiger partial charge in [-0.05, 0) is 45.7 Å². The molecule has 1 aliphatic heterocycles. The molecule has 0 aromatic heterocycles. The molecule has 2 fully saturated rings. The second-order valence-corrected chi connectivity index (χ2v) is 8.84. The van der Waals surface area contributed by atoms with E-state index in [1.165, 1.54) is 17.7 Å². The number of carbonyl (C=O) groups excluding carboxylic acids is 1. The third-order valence-corrected chi connectivity index (χ3v) is 6.57. The van der Waals surface area contributed by atoms with Crippen molar-refractivity contribution in [1.82, 2.24) is 4.31 Å². The van der Waals surface area contributed by atoms with Crippen molar-refractivity contribution in [2.75, 3.05) is 5.75 Å². The fraction of sp³-hybridized carbons (Fsp3) is 0.588. The minimum Gasteiger partial charge on any atom is -0.441 e. The molecule has 1 amide bonds. The van der Waals surface area contributed by atoms with Crippen LogP contribution < -0.4 is 0 Å². The molecule has 1 heterocycles. The van der Waals surface area contributed by atoms with Crippen LogP contribution in [0.3, 0.4) is 0 Å². The standard InChI is InChI=1S/C17H24NO2S/c1-17(2,3)20-16(19)18-15-11-7-8-13(15)12-21(18)14-9-5-4-6-10-14/h4-6,9-10,13,15H,7-8,11-12H2,1-3H3/q+1/t13-,15+,21?/m1/s1. The van der Waals surface area contributed by atoms with Crippen LogP contribution in [-0.4, -0.2) is 27.8 Å². The zero-order valence-electron chi connectivity index (χ0n) is 13.0. The summed E-state index contributed by atoms with van der Waals surface area (Å²) >= 11 is -0.143. The van der Waals surface area contributed by atoms with Gasteiger partial charge in [-0.15, -0.1) is 4.31 Å². The van der Waals surface area contributed by atoms with Crippen molar-refractivity contribution in [3.05, 3.63) is 30.3 Å². The third kappa shape index (κ3) is 3.05. The lowest BCUT2D eigenvalue weighted by Gasteiger charge is -2.25. The zero-order chi connectivity index (χ0) is 15.0. The van der Waals surface area contributed by atoms with Crippen molar-refractivity contribution >= 4 is 17.2 Å². The van der Waals surface area contributed by atoms with Gasteiger partial charge in [0.15, 0.2) is 4.90 Å². The number of hydrogen-bond donors (Lipinski definition) is 0. The van der Waals surface area contributed by atoms with Gasteiger partial charge in [0.1, 0.15) is 22.4 Å². The van der Waals surface area contributed by atoms with Crippen LogP contribution in [0.25, 0.3) is 0 Å². The second-order valence-electron chi connectivity index (χ2n) is 6.91. The van der Waals surface area contributed by atoms with Gasteiger partial charge < -0.3 is 4.74 Å². The van der Waals surface area contributed by atoms with Crippen LogP contribution in [0, 0.1) is 5.92 Å². The van der Waals surface area contributed by atoms with Crippen LogP contribution in [0.2, 0.25) is 0 Å². The summed E-state index contributed by atoms with van der Waals surface area (Å²) < 4.78 is 7.73. The van der Waals surface area contributed by atoms with Crippen LogP contribution in [0.15, 0.2) is 35.2 Å². The first-order valence-electron chi connectivity index (χ1n) is 7.74. The molecule has 1 unspecified atom stereocenters. The molecule has 1 saturated carbocycles. The van der Waals surface area contributed by atoms with Gasteiger partial charge in [0.25, 0.3) is 0 Å². The van der Waals surface area contributed by atoms with Gasteiger partial charge in [0.05, 0.1) is 6.04 Å². The maximum atomic E-state index is 12.7. The Morgan fingerprint density at radius 2 is 1.95 bits per heavy atom. The Bertz CT molecular complexity index is 511. The van der Waals surface area contributed by atoms with E-state index in [-0.39, 0.29) is 17.2 Å². The smallest absolute Gasteiger partial charge is 0.441 e. The molecule has 4 heteroatoms. The maximum Gasteiger partial charge on any atom is 0.452 e. The van der Waals surface area contributed by atoms with E-state index < -0.39 is 5.60 Å². The molecule has 1 aromatic carbocycles. The summed E-state index contributed by atoms with van der Waals surface area (Å²) in [6, 6.07) is 10.8. The highest BCUT2D eigenvalue weighted by atomic mass is 32.2. The van der Waals surface area contributed by atoms with E-state index in [1.807, 2.05) is 26.8 Å². The first kappa shape index (κ1) is 14.8. The molecule has 2 aliphatic rings. The van der Waals surface area contributed by atoms with Crippen molar-refractivity contribution in [3.8, 4) is 0 Å². The van der Waals surface area contributed by atoms with Crippen LogP contribution in [-0.2, 0) is 15.8 Å². The quantitative estimate of drug-likeness (QED) is 0.734. The number of ether oxygens (including phenoxy) is 1. The van der Waals surface area contributed by atoms with E-state index in [0.717, 1.165) is 12.2 Å². The zero-order valence-corrected chi connectivity index (χ0v) is 13.9. The van der Waals surface area contributed by atoms with E-state index in [1.54, 1.807) is 0 Å². The second kappa shape index (κ2) is 5.56. The Balaban J connectivity index is 1.87. The summed E-state index contributed by atoms with van der Waals surface area (Å²) in [5.41, 5.74) is -0.431. The Morgan fingerprint density at radius 1 is 1.24 bits per heavy atom. The van der Waals surface area contributed by atoms with Crippen molar-refractivity contribution < 1.29 is 9.53 Å². The van der Waals surface area contributed by atoms with Crippen LogP contribution in [0.5, 0.6) is 0 Å². The Hall–Kier alpha value is -1.16. The fourth-order valence-corrected chi connectivity index (χ4v) is 5.95. The molecule has 21 heavy (non-hydrogen) atoms. The SMILES string of the molecule is CC(C)(C)OC(=O)N1[C@H]2CCC[C@@H]2C[S+]1c1ccccc1. The predicted molar refractivity (Wildman–Crippen MR) is 86.1 cm³/mol. The van der Waals surface area contributed by atoms with Crippen molar-refractivity contribution in [2.45, 2.75) is 56.6 Å². The van der Waals surface area contributed by atoms with Gasteiger partial charge in [-0.1, -0.05) is 24.6 Å². The number of amides is 1.